The van der Waals surface area contributed by atoms with Crippen LogP contribution in [0.3, 0.4) is 0 Å². The molecule has 5 nitrogen and oxygen atoms in total. The van der Waals surface area contributed by atoms with Gasteiger partial charge in [-0.25, -0.2) is 17.2 Å². The van der Waals surface area contributed by atoms with Crippen molar-refractivity contribution < 1.29 is 21.9 Å². The van der Waals surface area contributed by atoms with Crippen molar-refractivity contribution in [2.75, 3.05) is 33.3 Å². The fourth-order valence-corrected chi connectivity index (χ4v) is 4.72. The summed E-state index contributed by atoms with van der Waals surface area (Å²) in [4.78, 5) is 2.00. The minimum absolute atomic E-state index is 0.0332. The Balaban J connectivity index is 1.68. The third-order valence-electron chi connectivity index (χ3n) is 4.50. The minimum Gasteiger partial charge on any atom is -0.496 e. The largest absolute Gasteiger partial charge is 0.496 e. The molecule has 2 aromatic carbocycles. The molecule has 0 atom stereocenters. The molecule has 0 aliphatic carbocycles. The monoisotopic (exact) mass is 416 g/mol. The molecule has 9 heteroatoms. The normalized spacial score (nSPS) is 16.4. The highest BCUT2D eigenvalue weighted by atomic mass is 35.5. The Hall–Kier alpha value is -1.74. The maximum absolute atomic E-state index is 13.5. The molecule has 1 aliphatic heterocycles. The van der Waals surface area contributed by atoms with E-state index in [0.29, 0.717) is 30.9 Å². The fraction of sp³-hybridized carbons (Fsp3) is 0.333. The number of hydrogen-bond donors (Lipinski definition) is 0. The van der Waals surface area contributed by atoms with Crippen molar-refractivity contribution in [3.63, 3.8) is 0 Å². The average Bonchev–Trinajstić information content (AvgIpc) is 2.64. The third-order valence-corrected chi connectivity index (χ3v) is 6.68. The van der Waals surface area contributed by atoms with Crippen LogP contribution in [0.5, 0.6) is 5.75 Å². The van der Waals surface area contributed by atoms with Crippen LogP contribution in [-0.4, -0.2) is 50.9 Å². The molecule has 1 saturated heterocycles. The average molecular weight is 417 g/mol. The zero-order chi connectivity index (χ0) is 19.6. The van der Waals surface area contributed by atoms with Crippen molar-refractivity contribution in [3.8, 4) is 5.75 Å². The number of methoxy groups -OCH3 is 1. The van der Waals surface area contributed by atoms with E-state index in [1.165, 1.54) is 29.6 Å². The number of halogens is 3. The molecule has 2 aromatic rings. The van der Waals surface area contributed by atoms with Gasteiger partial charge in [-0.05, 0) is 36.4 Å². The van der Waals surface area contributed by atoms with E-state index in [-0.39, 0.29) is 28.8 Å². The lowest BCUT2D eigenvalue weighted by atomic mass is 10.1. The van der Waals surface area contributed by atoms with Gasteiger partial charge in [-0.15, -0.1) is 0 Å². The first kappa shape index (κ1) is 20.0. The van der Waals surface area contributed by atoms with Crippen molar-refractivity contribution in [3.05, 3.63) is 58.6 Å². The highest BCUT2D eigenvalue weighted by molar-refractivity contribution is 7.89. The summed E-state index contributed by atoms with van der Waals surface area (Å²) in [6.07, 6.45) is 0. The summed E-state index contributed by atoms with van der Waals surface area (Å²) in [5.41, 5.74) is 0.708. The van der Waals surface area contributed by atoms with E-state index < -0.39 is 15.8 Å². The van der Waals surface area contributed by atoms with Crippen LogP contribution in [-0.2, 0) is 16.6 Å². The molecule has 1 heterocycles. The standard InChI is InChI=1S/C18H19ClF2N2O3S/c1-26-18-5-2-14(20)10-13(18)12-22-6-8-23(9-7-22)27(24,25)15-3-4-17(21)16(19)11-15/h2-5,10-11H,6-9,12H2,1H3. The van der Waals surface area contributed by atoms with Crippen molar-refractivity contribution in [1.29, 1.82) is 0 Å². The van der Waals surface area contributed by atoms with E-state index in [4.69, 9.17) is 16.3 Å². The van der Waals surface area contributed by atoms with Crippen LogP contribution in [0.2, 0.25) is 5.02 Å². The van der Waals surface area contributed by atoms with Gasteiger partial charge in [0.25, 0.3) is 0 Å². The van der Waals surface area contributed by atoms with Gasteiger partial charge in [0.2, 0.25) is 10.0 Å². The van der Waals surface area contributed by atoms with Crippen LogP contribution in [0.4, 0.5) is 8.78 Å². The van der Waals surface area contributed by atoms with Gasteiger partial charge in [0.1, 0.15) is 17.4 Å². The van der Waals surface area contributed by atoms with Gasteiger partial charge in [-0.2, -0.15) is 4.31 Å². The summed E-state index contributed by atoms with van der Waals surface area (Å²) >= 11 is 5.70. The van der Waals surface area contributed by atoms with Crippen LogP contribution in [0.15, 0.2) is 41.3 Å². The second kappa shape index (κ2) is 8.10. The lowest BCUT2D eigenvalue weighted by molar-refractivity contribution is 0.180. The molecule has 3 rings (SSSR count). The Bertz CT molecular complexity index is 932. The van der Waals surface area contributed by atoms with Gasteiger partial charge in [-0.3, -0.25) is 4.90 Å². The molecule has 1 fully saturated rings. The molecule has 0 aromatic heterocycles. The number of piperazine rings is 1. The van der Waals surface area contributed by atoms with E-state index in [1.807, 2.05) is 4.90 Å². The van der Waals surface area contributed by atoms with Gasteiger partial charge in [0.15, 0.2) is 0 Å². The first-order valence-electron chi connectivity index (χ1n) is 8.31. The lowest BCUT2D eigenvalue weighted by Crippen LogP contribution is -2.48. The number of rotatable bonds is 5. The van der Waals surface area contributed by atoms with E-state index in [0.717, 1.165) is 12.1 Å². The summed E-state index contributed by atoms with van der Waals surface area (Å²) < 4.78 is 58.8. The Labute approximate surface area is 162 Å². The molecule has 0 amide bonds. The Morgan fingerprint density at radius 3 is 2.41 bits per heavy atom. The van der Waals surface area contributed by atoms with E-state index in [9.17, 15) is 17.2 Å². The molecular formula is C18H19ClF2N2O3S. The molecule has 0 unspecified atom stereocenters. The summed E-state index contributed by atoms with van der Waals surface area (Å²) in [5.74, 6) is -0.419. The van der Waals surface area contributed by atoms with Gasteiger partial charge < -0.3 is 4.74 Å². The maximum atomic E-state index is 13.5. The van der Waals surface area contributed by atoms with E-state index in [1.54, 1.807) is 6.07 Å². The lowest BCUT2D eigenvalue weighted by Gasteiger charge is -2.34. The quantitative estimate of drug-likeness (QED) is 0.751. The number of hydrogen-bond acceptors (Lipinski definition) is 4. The molecule has 0 N–H and O–H groups in total. The SMILES string of the molecule is COc1ccc(F)cc1CN1CCN(S(=O)(=O)c2ccc(F)c(Cl)c2)CC1. The molecular weight excluding hydrogens is 398 g/mol. The van der Waals surface area contributed by atoms with Crippen LogP contribution >= 0.6 is 11.6 Å². The molecule has 0 saturated carbocycles. The summed E-state index contributed by atoms with van der Waals surface area (Å²) in [6, 6.07) is 7.70. The maximum Gasteiger partial charge on any atom is 0.243 e. The molecule has 0 spiro atoms. The van der Waals surface area contributed by atoms with Crippen LogP contribution in [0.1, 0.15) is 5.56 Å². The van der Waals surface area contributed by atoms with Crippen molar-refractivity contribution >= 4 is 21.6 Å². The molecule has 27 heavy (non-hydrogen) atoms. The summed E-state index contributed by atoms with van der Waals surface area (Å²) in [7, 11) is -2.22. The second-order valence-electron chi connectivity index (χ2n) is 6.21. The van der Waals surface area contributed by atoms with Crippen molar-refractivity contribution in [2.24, 2.45) is 0 Å². The molecule has 0 radical (unpaired) electrons. The van der Waals surface area contributed by atoms with Gasteiger partial charge >= 0.3 is 0 Å². The van der Waals surface area contributed by atoms with Gasteiger partial charge in [0.05, 0.1) is 17.0 Å². The zero-order valence-corrected chi connectivity index (χ0v) is 16.2. The first-order chi connectivity index (χ1) is 12.8. The zero-order valence-electron chi connectivity index (χ0n) is 14.7. The van der Waals surface area contributed by atoms with Gasteiger partial charge in [-0.1, -0.05) is 11.6 Å². The van der Waals surface area contributed by atoms with Crippen LogP contribution < -0.4 is 4.74 Å². The van der Waals surface area contributed by atoms with Crippen LogP contribution in [0, 0.1) is 11.6 Å². The molecule has 146 valence electrons. The molecule has 0 bridgehead atoms. The van der Waals surface area contributed by atoms with E-state index >= 15 is 0 Å². The highest BCUT2D eigenvalue weighted by Crippen LogP contribution is 2.25. The van der Waals surface area contributed by atoms with E-state index in [2.05, 4.69) is 0 Å². The number of benzene rings is 2. The number of nitrogens with zero attached hydrogens (tertiary/aromatic N) is 2. The fourth-order valence-electron chi connectivity index (χ4n) is 3.03. The Morgan fingerprint density at radius 2 is 1.78 bits per heavy atom. The minimum atomic E-state index is -3.75. The topological polar surface area (TPSA) is 49.9 Å². The summed E-state index contributed by atoms with van der Waals surface area (Å²) in [5, 5.41) is -0.229. The third kappa shape index (κ3) is 4.40. The number of ether oxygens (including phenoxy) is 1. The first-order valence-corrected chi connectivity index (χ1v) is 10.1. The predicted octanol–water partition coefficient (Wildman–Crippen LogP) is 3.13. The van der Waals surface area contributed by atoms with Crippen LogP contribution in [0.25, 0.3) is 0 Å². The summed E-state index contributed by atoms with van der Waals surface area (Å²) in [6.45, 7) is 1.96. The smallest absolute Gasteiger partial charge is 0.243 e. The predicted molar refractivity (Wildman–Crippen MR) is 98.4 cm³/mol. The second-order valence-corrected chi connectivity index (χ2v) is 8.56. The molecule has 1 aliphatic rings. The Morgan fingerprint density at radius 1 is 1.07 bits per heavy atom. The highest BCUT2D eigenvalue weighted by Gasteiger charge is 2.29. The number of sulfonamides is 1. The van der Waals surface area contributed by atoms with Crippen molar-refractivity contribution in [1.82, 2.24) is 9.21 Å². The van der Waals surface area contributed by atoms with Gasteiger partial charge in [0, 0.05) is 38.3 Å². The van der Waals surface area contributed by atoms with Crippen molar-refractivity contribution in [2.45, 2.75) is 11.4 Å². The Kier molecular flexibility index (Phi) is 6.00.